The Balaban J connectivity index is 2.53. The summed E-state index contributed by atoms with van der Waals surface area (Å²) in [5, 5.41) is 6.64. The molecule has 0 radical (unpaired) electrons. The molecule has 0 fully saturated rings. The maximum Gasteiger partial charge on any atom is 0.0211 e. The van der Waals surface area contributed by atoms with Gasteiger partial charge in [-0.3, -0.25) is 0 Å². The van der Waals surface area contributed by atoms with Crippen LogP contribution in [0.2, 0.25) is 0 Å². The van der Waals surface area contributed by atoms with Gasteiger partial charge in [-0.1, -0.05) is 22.0 Å². The zero-order valence-corrected chi connectivity index (χ0v) is 11.2. The van der Waals surface area contributed by atoms with E-state index in [4.69, 9.17) is 0 Å². The van der Waals surface area contributed by atoms with Crippen LogP contribution < -0.4 is 10.6 Å². The smallest absolute Gasteiger partial charge is 0.0211 e. The van der Waals surface area contributed by atoms with Gasteiger partial charge in [0.2, 0.25) is 0 Å². The third-order valence-corrected chi connectivity index (χ3v) is 2.96. The molecular formula is C12H19BrN2. The van der Waals surface area contributed by atoms with Crippen LogP contribution >= 0.6 is 15.9 Å². The Labute approximate surface area is 101 Å². The van der Waals surface area contributed by atoms with Crippen LogP contribution in [0.1, 0.15) is 18.1 Å². The fourth-order valence-corrected chi connectivity index (χ4v) is 1.90. The zero-order chi connectivity index (χ0) is 11.3. The van der Waals surface area contributed by atoms with Crippen LogP contribution in [-0.2, 0) is 6.54 Å². The second-order valence-corrected chi connectivity index (χ2v) is 4.83. The Kier molecular flexibility index (Phi) is 5.29. The normalized spacial score (nSPS) is 12.8. The molecule has 1 aromatic carbocycles. The Hall–Kier alpha value is -0.380. The van der Waals surface area contributed by atoms with Crippen LogP contribution in [0.15, 0.2) is 22.7 Å². The monoisotopic (exact) mass is 270 g/mol. The van der Waals surface area contributed by atoms with Crippen LogP contribution in [0.5, 0.6) is 0 Å². The van der Waals surface area contributed by atoms with E-state index in [9.17, 15) is 0 Å². The number of hydrogen-bond donors (Lipinski definition) is 2. The van der Waals surface area contributed by atoms with Crippen molar-refractivity contribution in [2.45, 2.75) is 26.4 Å². The van der Waals surface area contributed by atoms with E-state index in [1.165, 1.54) is 11.1 Å². The molecule has 84 valence electrons. The summed E-state index contributed by atoms with van der Waals surface area (Å²) in [5.41, 5.74) is 2.69. The molecule has 0 aliphatic heterocycles. The third kappa shape index (κ3) is 4.33. The van der Waals surface area contributed by atoms with Gasteiger partial charge in [0, 0.05) is 23.6 Å². The van der Waals surface area contributed by atoms with Gasteiger partial charge in [0.25, 0.3) is 0 Å². The molecule has 1 aromatic rings. The van der Waals surface area contributed by atoms with Crippen molar-refractivity contribution in [3.63, 3.8) is 0 Å². The average molecular weight is 271 g/mol. The molecule has 0 heterocycles. The standard InChI is InChI=1S/C12H19BrN2/c1-9-4-5-12(13)6-11(9)8-15-10(2)7-14-3/h4-6,10,14-15H,7-8H2,1-3H3. The summed E-state index contributed by atoms with van der Waals surface area (Å²) < 4.78 is 1.14. The molecule has 1 unspecified atom stereocenters. The van der Waals surface area contributed by atoms with Crippen LogP contribution in [-0.4, -0.2) is 19.6 Å². The van der Waals surface area contributed by atoms with Crippen molar-refractivity contribution >= 4 is 15.9 Å². The highest BCUT2D eigenvalue weighted by Crippen LogP contribution is 2.15. The molecule has 15 heavy (non-hydrogen) atoms. The summed E-state index contributed by atoms with van der Waals surface area (Å²) in [7, 11) is 1.97. The van der Waals surface area contributed by atoms with Gasteiger partial charge in [-0.25, -0.2) is 0 Å². The first-order valence-electron chi connectivity index (χ1n) is 5.26. The lowest BCUT2D eigenvalue weighted by Crippen LogP contribution is -2.34. The molecule has 1 rings (SSSR count). The van der Waals surface area contributed by atoms with Gasteiger partial charge in [0.05, 0.1) is 0 Å². The van der Waals surface area contributed by atoms with Gasteiger partial charge in [0.15, 0.2) is 0 Å². The predicted molar refractivity (Wildman–Crippen MR) is 69.1 cm³/mol. The highest BCUT2D eigenvalue weighted by Gasteiger charge is 2.02. The van der Waals surface area contributed by atoms with E-state index in [-0.39, 0.29) is 0 Å². The highest BCUT2D eigenvalue weighted by molar-refractivity contribution is 9.10. The molecule has 0 aliphatic rings. The largest absolute Gasteiger partial charge is 0.318 e. The minimum absolute atomic E-state index is 0.494. The first kappa shape index (κ1) is 12.7. The number of benzene rings is 1. The van der Waals surface area contributed by atoms with E-state index >= 15 is 0 Å². The van der Waals surface area contributed by atoms with Crippen LogP contribution in [0.3, 0.4) is 0 Å². The minimum Gasteiger partial charge on any atom is -0.318 e. The summed E-state index contributed by atoms with van der Waals surface area (Å²) in [6, 6.07) is 6.89. The van der Waals surface area contributed by atoms with Gasteiger partial charge in [-0.15, -0.1) is 0 Å². The van der Waals surface area contributed by atoms with Gasteiger partial charge in [-0.05, 0) is 44.2 Å². The molecule has 1 atom stereocenters. The fourth-order valence-electron chi connectivity index (χ4n) is 1.49. The topological polar surface area (TPSA) is 24.1 Å². The SMILES string of the molecule is CNCC(C)NCc1cc(Br)ccc1C. The molecule has 3 heteroatoms. The molecule has 0 saturated heterocycles. The number of halogens is 1. The number of likely N-dealkylation sites (N-methyl/N-ethyl adjacent to an activating group) is 1. The second-order valence-electron chi connectivity index (χ2n) is 3.91. The van der Waals surface area contributed by atoms with Crippen molar-refractivity contribution in [3.05, 3.63) is 33.8 Å². The Morgan fingerprint density at radius 1 is 1.40 bits per heavy atom. The van der Waals surface area contributed by atoms with Crippen molar-refractivity contribution in [2.24, 2.45) is 0 Å². The van der Waals surface area contributed by atoms with Crippen LogP contribution in [0.4, 0.5) is 0 Å². The number of nitrogens with one attached hydrogen (secondary N) is 2. The lowest BCUT2D eigenvalue weighted by atomic mass is 10.1. The lowest BCUT2D eigenvalue weighted by molar-refractivity contribution is 0.522. The molecule has 0 bridgehead atoms. The Bertz CT molecular complexity index is 312. The Morgan fingerprint density at radius 3 is 2.80 bits per heavy atom. The van der Waals surface area contributed by atoms with E-state index in [1.807, 2.05) is 7.05 Å². The average Bonchev–Trinajstić information content (AvgIpc) is 2.20. The van der Waals surface area contributed by atoms with Gasteiger partial charge in [0.1, 0.15) is 0 Å². The Morgan fingerprint density at radius 2 is 2.13 bits per heavy atom. The van der Waals surface area contributed by atoms with Crippen molar-refractivity contribution < 1.29 is 0 Å². The first-order chi connectivity index (χ1) is 7.13. The maximum absolute atomic E-state index is 3.49. The van der Waals surface area contributed by atoms with Gasteiger partial charge in [-0.2, -0.15) is 0 Å². The van der Waals surface area contributed by atoms with E-state index < -0.39 is 0 Å². The molecular weight excluding hydrogens is 252 g/mol. The van der Waals surface area contributed by atoms with Crippen molar-refractivity contribution in [1.82, 2.24) is 10.6 Å². The quantitative estimate of drug-likeness (QED) is 0.859. The molecule has 0 spiro atoms. The number of aryl methyl sites for hydroxylation is 1. The summed E-state index contributed by atoms with van der Waals surface area (Å²) in [6.07, 6.45) is 0. The van der Waals surface area contributed by atoms with E-state index in [0.717, 1.165) is 17.6 Å². The predicted octanol–water partition coefficient (Wildman–Crippen LogP) is 2.46. The molecule has 2 nitrogen and oxygen atoms in total. The number of rotatable bonds is 5. The lowest BCUT2D eigenvalue weighted by Gasteiger charge is -2.14. The molecule has 0 aromatic heterocycles. The van der Waals surface area contributed by atoms with Crippen molar-refractivity contribution in [2.75, 3.05) is 13.6 Å². The zero-order valence-electron chi connectivity index (χ0n) is 9.60. The van der Waals surface area contributed by atoms with Crippen LogP contribution in [0.25, 0.3) is 0 Å². The first-order valence-corrected chi connectivity index (χ1v) is 6.05. The second kappa shape index (κ2) is 6.26. The van der Waals surface area contributed by atoms with Crippen molar-refractivity contribution in [3.8, 4) is 0 Å². The van der Waals surface area contributed by atoms with E-state index in [1.54, 1.807) is 0 Å². The minimum atomic E-state index is 0.494. The van der Waals surface area contributed by atoms with Gasteiger partial charge >= 0.3 is 0 Å². The summed E-state index contributed by atoms with van der Waals surface area (Å²) in [5.74, 6) is 0. The van der Waals surface area contributed by atoms with Gasteiger partial charge < -0.3 is 10.6 Å². The van der Waals surface area contributed by atoms with E-state index in [0.29, 0.717) is 6.04 Å². The highest BCUT2D eigenvalue weighted by atomic mass is 79.9. The molecule has 0 saturated carbocycles. The fraction of sp³-hybridized carbons (Fsp3) is 0.500. The summed E-state index contributed by atoms with van der Waals surface area (Å²) in [6.45, 7) is 6.25. The molecule has 2 N–H and O–H groups in total. The third-order valence-electron chi connectivity index (χ3n) is 2.46. The van der Waals surface area contributed by atoms with E-state index in [2.05, 4.69) is 58.6 Å². The molecule has 0 amide bonds. The molecule has 0 aliphatic carbocycles. The number of hydrogen-bond acceptors (Lipinski definition) is 2. The van der Waals surface area contributed by atoms with Crippen molar-refractivity contribution in [1.29, 1.82) is 0 Å². The maximum atomic E-state index is 3.49. The summed E-state index contributed by atoms with van der Waals surface area (Å²) >= 11 is 3.49. The summed E-state index contributed by atoms with van der Waals surface area (Å²) in [4.78, 5) is 0. The van der Waals surface area contributed by atoms with Crippen LogP contribution in [0, 0.1) is 6.92 Å².